The van der Waals surface area contributed by atoms with E-state index >= 15 is 0 Å². The SMILES string of the molecule is O=C(NCc1ccc(-c2cccnc2)nc1)c1cnccn1. The maximum absolute atomic E-state index is 11.9. The number of hydrogen-bond acceptors (Lipinski definition) is 5. The summed E-state index contributed by atoms with van der Waals surface area (Å²) in [5, 5.41) is 2.78. The smallest absolute Gasteiger partial charge is 0.271 e. The van der Waals surface area contributed by atoms with Crippen LogP contribution in [0.4, 0.5) is 0 Å². The van der Waals surface area contributed by atoms with E-state index in [9.17, 15) is 4.79 Å². The Morgan fingerprint density at radius 1 is 0.955 bits per heavy atom. The van der Waals surface area contributed by atoms with E-state index in [2.05, 4.69) is 25.3 Å². The van der Waals surface area contributed by atoms with Crippen molar-refractivity contribution in [1.29, 1.82) is 0 Å². The predicted octanol–water partition coefficient (Wildman–Crippen LogP) is 1.86. The van der Waals surface area contributed by atoms with Crippen LogP contribution >= 0.6 is 0 Å². The van der Waals surface area contributed by atoms with Gasteiger partial charge in [0, 0.05) is 43.1 Å². The van der Waals surface area contributed by atoms with Gasteiger partial charge in [-0.25, -0.2) is 4.98 Å². The summed E-state index contributed by atoms with van der Waals surface area (Å²) in [5.41, 5.74) is 3.00. The van der Waals surface area contributed by atoms with Gasteiger partial charge in [0.25, 0.3) is 5.91 Å². The van der Waals surface area contributed by atoms with Crippen LogP contribution < -0.4 is 5.32 Å². The van der Waals surface area contributed by atoms with Crippen molar-refractivity contribution in [1.82, 2.24) is 25.3 Å². The minimum absolute atomic E-state index is 0.260. The summed E-state index contributed by atoms with van der Waals surface area (Å²) in [5.74, 6) is -0.260. The molecule has 22 heavy (non-hydrogen) atoms. The maximum atomic E-state index is 11.9. The zero-order valence-electron chi connectivity index (χ0n) is 11.7. The average Bonchev–Trinajstić information content (AvgIpc) is 2.61. The normalized spacial score (nSPS) is 10.2. The summed E-state index contributed by atoms with van der Waals surface area (Å²) in [6.07, 6.45) is 9.66. The minimum Gasteiger partial charge on any atom is -0.347 e. The van der Waals surface area contributed by atoms with Crippen molar-refractivity contribution >= 4 is 5.91 Å². The summed E-state index contributed by atoms with van der Waals surface area (Å²) in [6.45, 7) is 0.385. The van der Waals surface area contributed by atoms with Gasteiger partial charge in [0.1, 0.15) is 5.69 Å². The van der Waals surface area contributed by atoms with Crippen LogP contribution in [0.2, 0.25) is 0 Å². The molecule has 0 saturated heterocycles. The summed E-state index contributed by atoms with van der Waals surface area (Å²) in [6, 6.07) is 7.64. The molecule has 0 saturated carbocycles. The van der Waals surface area contributed by atoms with Crippen molar-refractivity contribution in [3.8, 4) is 11.3 Å². The van der Waals surface area contributed by atoms with Crippen molar-refractivity contribution in [2.75, 3.05) is 0 Å². The second-order valence-electron chi connectivity index (χ2n) is 4.57. The van der Waals surface area contributed by atoms with E-state index in [1.165, 1.54) is 18.6 Å². The Kier molecular flexibility index (Phi) is 4.10. The third-order valence-electron chi connectivity index (χ3n) is 3.03. The number of nitrogens with one attached hydrogen (secondary N) is 1. The van der Waals surface area contributed by atoms with Gasteiger partial charge < -0.3 is 5.32 Å². The van der Waals surface area contributed by atoms with E-state index in [0.717, 1.165) is 16.8 Å². The predicted molar refractivity (Wildman–Crippen MR) is 80.7 cm³/mol. The fraction of sp³-hybridized carbons (Fsp3) is 0.0625. The van der Waals surface area contributed by atoms with Gasteiger partial charge in [0.05, 0.1) is 11.9 Å². The second kappa shape index (κ2) is 6.53. The lowest BCUT2D eigenvalue weighted by Gasteiger charge is -2.05. The van der Waals surface area contributed by atoms with Gasteiger partial charge >= 0.3 is 0 Å². The lowest BCUT2D eigenvalue weighted by molar-refractivity contribution is 0.0945. The number of pyridine rings is 2. The molecule has 0 atom stereocenters. The van der Waals surface area contributed by atoms with Gasteiger partial charge in [-0.15, -0.1) is 0 Å². The summed E-state index contributed by atoms with van der Waals surface area (Å²) in [4.78, 5) is 28.1. The molecule has 0 bridgehead atoms. The van der Waals surface area contributed by atoms with Gasteiger partial charge in [-0.05, 0) is 23.8 Å². The van der Waals surface area contributed by atoms with Gasteiger partial charge in [-0.1, -0.05) is 6.07 Å². The fourth-order valence-corrected chi connectivity index (χ4v) is 1.90. The van der Waals surface area contributed by atoms with E-state index in [1.807, 2.05) is 24.3 Å². The Balaban J connectivity index is 1.63. The number of hydrogen-bond donors (Lipinski definition) is 1. The van der Waals surface area contributed by atoms with Gasteiger partial charge in [-0.2, -0.15) is 0 Å². The molecule has 3 aromatic rings. The first-order chi connectivity index (χ1) is 10.8. The average molecular weight is 291 g/mol. The highest BCUT2D eigenvalue weighted by molar-refractivity contribution is 5.91. The summed E-state index contributed by atoms with van der Waals surface area (Å²) >= 11 is 0. The second-order valence-corrected chi connectivity index (χ2v) is 4.57. The number of aromatic nitrogens is 4. The molecule has 0 aliphatic heterocycles. The molecule has 0 aliphatic rings. The number of rotatable bonds is 4. The molecule has 0 aromatic carbocycles. The van der Waals surface area contributed by atoms with Crippen LogP contribution in [0.15, 0.2) is 61.4 Å². The van der Waals surface area contributed by atoms with Crippen LogP contribution in [0.5, 0.6) is 0 Å². The van der Waals surface area contributed by atoms with Crippen LogP contribution in [-0.4, -0.2) is 25.8 Å². The molecule has 0 radical (unpaired) electrons. The lowest BCUT2D eigenvalue weighted by Crippen LogP contribution is -2.23. The van der Waals surface area contributed by atoms with Crippen molar-refractivity contribution in [2.45, 2.75) is 6.54 Å². The molecule has 6 heteroatoms. The number of amides is 1. The van der Waals surface area contributed by atoms with E-state index in [-0.39, 0.29) is 5.91 Å². The Bertz CT molecular complexity index is 745. The van der Waals surface area contributed by atoms with E-state index < -0.39 is 0 Å². The van der Waals surface area contributed by atoms with E-state index in [1.54, 1.807) is 18.6 Å². The van der Waals surface area contributed by atoms with Crippen molar-refractivity contribution in [2.24, 2.45) is 0 Å². The molecule has 1 N–H and O–H groups in total. The van der Waals surface area contributed by atoms with Gasteiger partial charge in [0.15, 0.2) is 0 Å². The Morgan fingerprint density at radius 2 is 1.86 bits per heavy atom. The lowest BCUT2D eigenvalue weighted by atomic mass is 10.1. The number of carbonyl (C=O) groups excluding carboxylic acids is 1. The minimum atomic E-state index is -0.260. The molecule has 0 unspecified atom stereocenters. The standard InChI is InChI=1S/C16H13N5O/c22-16(15-11-18-6-7-19-15)21-9-12-3-4-14(20-8-12)13-2-1-5-17-10-13/h1-8,10-11H,9H2,(H,21,22). The van der Waals surface area contributed by atoms with Crippen LogP contribution in [0.25, 0.3) is 11.3 Å². The van der Waals surface area contributed by atoms with Crippen LogP contribution in [0, 0.1) is 0 Å². The zero-order chi connectivity index (χ0) is 15.2. The molecule has 3 aromatic heterocycles. The molecule has 108 valence electrons. The Hall–Kier alpha value is -3.15. The third kappa shape index (κ3) is 3.29. The third-order valence-corrected chi connectivity index (χ3v) is 3.03. The molecule has 0 aliphatic carbocycles. The fourth-order valence-electron chi connectivity index (χ4n) is 1.90. The van der Waals surface area contributed by atoms with Crippen LogP contribution in [-0.2, 0) is 6.54 Å². The van der Waals surface area contributed by atoms with Crippen molar-refractivity contribution in [3.63, 3.8) is 0 Å². The monoisotopic (exact) mass is 291 g/mol. The Morgan fingerprint density at radius 3 is 2.55 bits per heavy atom. The summed E-state index contributed by atoms with van der Waals surface area (Å²) < 4.78 is 0. The van der Waals surface area contributed by atoms with Crippen molar-refractivity contribution < 1.29 is 4.79 Å². The molecule has 6 nitrogen and oxygen atoms in total. The quantitative estimate of drug-likeness (QED) is 0.793. The van der Waals surface area contributed by atoms with Crippen LogP contribution in [0.1, 0.15) is 16.1 Å². The zero-order valence-corrected chi connectivity index (χ0v) is 11.7. The first kappa shape index (κ1) is 13.8. The molecule has 0 fully saturated rings. The van der Waals surface area contributed by atoms with Gasteiger partial charge in [-0.3, -0.25) is 19.7 Å². The van der Waals surface area contributed by atoms with Gasteiger partial charge in [0.2, 0.25) is 0 Å². The largest absolute Gasteiger partial charge is 0.347 e. The Labute approximate surface area is 127 Å². The number of nitrogens with zero attached hydrogens (tertiary/aromatic N) is 4. The maximum Gasteiger partial charge on any atom is 0.271 e. The first-order valence-corrected chi connectivity index (χ1v) is 6.72. The van der Waals surface area contributed by atoms with Crippen LogP contribution in [0.3, 0.4) is 0 Å². The van der Waals surface area contributed by atoms with E-state index in [0.29, 0.717) is 12.2 Å². The molecule has 3 heterocycles. The topological polar surface area (TPSA) is 80.7 Å². The summed E-state index contributed by atoms with van der Waals surface area (Å²) in [7, 11) is 0. The molecule has 1 amide bonds. The highest BCUT2D eigenvalue weighted by Crippen LogP contribution is 2.15. The molecule has 0 spiro atoms. The van der Waals surface area contributed by atoms with Crippen molar-refractivity contribution in [3.05, 3.63) is 72.7 Å². The highest BCUT2D eigenvalue weighted by Gasteiger charge is 2.06. The van der Waals surface area contributed by atoms with E-state index in [4.69, 9.17) is 0 Å². The highest BCUT2D eigenvalue weighted by atomic mass is 16.1. The molecule has 3 rings (SSSR count). The molecular weight excluding hydrogens is 278 g/mol. The first-order valence-electron chi connectivity index (χ1n) is 6.72. The molecular formula is C16H13N5O. The number of carbonyl (C=O) groups is 1.